The Kier molecular flexibility index (Phi) is 9.30. The van der Waals surface area contributed by atoms with E-state index in [1.165, 1.54) is 0 Å². The molecule has 184 valence electrons. The van der Waals surface area contributed by atoms with Gasteiger partial charge in [-0.2, -0.15) is 0 Å². The van der Waals surface area contributed by atoms with Gasteiger partial charge in [0.2, 0.25) is 5.91 Å². The van der Waals surface area contributed by atoms with Crippen molar-refractivity contribution in [3.63, 3.8) is 0 Å². The molecule has 3 rings (SSSR count). The minimum absolute atomic E-state index is 0.169. The molecule has 3 aromatic rings. The summed E-state index contributed by atoms with van der Waals surface area (Å²) in [5, 5.41) is 2.90. The second kappa shape index (κ2) is 12.6. The standard InChI is InChI=1S/C29H34N2O4/c1-5-30-29(33)27(18-23-10-7-6-8-11-23)31(19-24-12-9-13-25(17-24)34-4)28(32)20-35-26-15-21(2)14-22(3)16-26/h6-17,27H,5,18-20H2,1-4H3,(H,30,33). The van der Waals surface area contributed by atoms with Crippen molar-refractivity contribution < 1.29 is 19.1 Å². The second-order valence-corrected chi connectivity index (χ2v) is 8.59. The van der Waals surface area contributed by atoms with Crippen molar-refractivity contribution in [2.75, 3.05) is 20.3 Å². The van der Waals surface area contributed by atoms with Crippen molar-refractivity contribution in [2.45, 2.75) is 39.8 Å². The molecule has 0 aliphatic rings. The van der Waals surface area contributed by atoms with E-state index in [0.717, 1.165) is 22.3 Å². The summed E-state index contributed by atoms with van der Waals surface area (Å²) < 4.78 is 11.2. The lowest BCUT2D eigenvalue weighted by Gasteiger charge is -2.31. The van der Waals surface area contributed by atoms with E-state index < -0.39 is 6.04 Å². The van der Waals surface area contributed by atoms with Crippen LogP contribution in [-0.2, 0) is 22.6 Å². The minimum atomic E-state index is -0.695. The second-order valence-electron chi connectivity index (χ2n) is 8.59. The van der Waals surface area contributed by atoms with Crippen LogP contribution in [0.3, 0.4) is 0 Å². The van der Waals surface area contributed by atoms with E-state index in [2.05, 4.69) is 11.4 Å². The third-order valence-electron chi connectivity index (χ3n) is 5.67. The van der Waals surface area contributed by atoms with Gasteiger partial charge in [-0.05, 0) is 67.3 Å². The fraction of sp³-hybridized carbons (Fsp3) is 0.310. The van der Waals surface area contributed by atoms with Crippen LogP contribution in [-0.4, -0.2) is 43.0 Å². The number of carbonyl (C=O) groups is 2. The molecule has 1 unspecified atom stereocenters. The fourth-order valence-corrected chi connectivity index (χ4v) is 4.06. The van der Waals surface area contributed by atoms with Gasteiger partial charge in [-0.3, -0.25) is 9.59 Å². The highest BCUT2D eigenvalue weighted by molar-refractivity contribution is 5.88. The molecule has 6 nitrogen and oxygen atoms in total. The van der Waals surface area contributed by atoms with Crippen LogP contribution in [0.5, 0.6) is 11.5 Å². The molecule has 1 atom stereocenters. The van der Waals surface area contributed by atoms with Gasteiger partial charge in [-0.1, -0.05) is 48.5 Å². The summed E-state index contributed by atoms with van der Waals surface area (Å²) in [6.07, 6.45) is 0.395. The Morgan fingerprint density at radius 3 is 2.23 bits per heavy atom. The number of hydrogen-bond acceptors (Lipinski definition) is 4. The monoisotopic (exact) mass is 474 g/mol. The summed E-state index contributed by atoms with van der Waals surface area (Å²) in [6.45, 7) is 6.40. The maximum Gasteiger partial charge on any atom is 0.261 e. The highest BCUT2D eigenvalue weighted by Crippen LogP contribution is 2.20. The van der Waals surface area contributed by atoms with Crippen LogP contribution in [0.15, 0.2) is 72.8 Å². The van der Waals surface area contributed by atoms with E-state index in [0.29, 0.717) is 24.5 Å². The first-order valence-electron chi connectivity index (χ1n) is 11.8. The number of methoxy groups -OCH3 is 1. The molecule has 0 radical (unpaired) electrons. The number of amides is 2. The van der Waals surface area contributed by atoms with Gasteiger partial charge in [-0.25, -0.2) is 0 Å². The van der Waals surface area contributed by atoms with Gasteiger partial charge in [0.1, 0.15) is 17.5 Å². The molecule has 0 fully saturated rings. The van der Waals surface area contributed by atoms with Gasteiger partial charge in [0.25, 0.3) is 5.91 Å². The Morgan fingerprint density at radius 1 is 0.886 bits per heavy atom. The average Bonchev–Trinajstić information content (AvgIpc) is 2.85. The Labute approximate surface area is 207 Å². The van der Waals surface area contributed by atoms with E-state index >= 15 is 0 Å². The van der Waals surface area contributed by atoms with Gasteiger partial charge in [0.15, 0.2) is 6.61 Å². The summed E-state index contributed by atoms with van der Waals surface area (Å²) in [5.41, 5.74) is 3.96. The lowest BCUT2D eigenvalue weighted by atomic mass is 10.0. The van der Waals surface area contributed by atoms with E-state index in [-0.39, 0.29) is 25.0 Å². The van der Waals surface area contributed by atoms with Crippen molar-refractivity contribution in [2.24, 2.45) is 0 Å². The third kappa shape index (κ3) is 7.60. The zero-order valence-corrected chi connectivity index (χ0v) is 20.9. The van der Waals surface area contributed by atoms with E-state index in [4.69, 9.17) is 9.47 Å². The molecule has 6 heteroatoms. The Bertz CT molecular complexity index is 1110. The molecular formula is C29H34N2O4. The largest absolute Gasteiger partial charge is 0.497 e. The third-order valence-corrected chi connectivity index (χ3v) is 5.67. The van der Waals surface area contributed by atoms with Gasteiger partial charge in [-0.15, -0.1) is 0 Å². The van der Waals surface area contributed by atoms with Crippen LogP contribution >= 0.6 is 0 Å². The van der Waals surface area contributed by atoms with Crippen LogP contribution < -0.4 is 14.8 Å². The van der Waals surface area contributed by atoms with Crippen molar-refractivity contribution in [1.82, 2.24) is 10.2 Å². The van der Waals surface area contributed by atoms with Gasteiger partial charge in [0.05, 0.1) is 7.11 Å². The molecule has 2 amide bonds. The lowest BCUT2D eigenvalue weighted by Crippen LogP contribution is -2.51. The smallest absolute Gasteiger partial charge is 0.261 e. The molecule has 0 saturated carbocycles. The van der Waals surface area contributed by atoms with Crippen LogP contribution in [0.25, 0.3) is 0 Å². The zero-order valence-electron chi connectivity index (χ0n) is 20.9. The first kappa shape index (κ1) is 25.8. The first-order valence-corrected chi connectivity index (χ1v) is 11.8. The van der Waals surface area contributed by atoms with Crippen molar-refractivity contribution in [3.05, 3.63) is 95.1 Å². The fourth-order valence-electron chi connectivity index (χ4n) is 4.06. The molecule has 0 aromatic heterocycles. The molecule has 0 bridgehead atoms. The average molecular weight is 475 g/mol. The molecule has 0 aliphatic heterocycles. The molecule has 1 N–H and O–H groups in total. The minimum Gasteiger partial charge on any atom is -0.497 e. The van der Waals surface area contributed by atoms with Crippen molar-refractivity contribution >= 4 is 11.8 Å². The van der Waals surface area contributed by atoms with E-state index in [1.54, 1.807) is 12.0 Å². The number of benzene rings is 3. The molecule has 0 heterocycles. The van der Waals surface area contributed by atoms with Crippen LogP contribution in [0.1, 0.15) is 29.2 Å². The molecule has 0 saturated heterocycles. The number of rotatable bonds is 11. The van der Waals surface area contributed by atoms with Crippen LogP contribution in [0.2, 0.25) is 0 Å². The van der Waals surface area contributed by atoms with Crippen molar-refractivity contribution in [3.8, 4) is 11.5 Å². The number of hydrogen-bond donors (Lipinski definition) is 1. The number of nitrogens with one attached hydrogen (secondary N) is 1. The molecule has 3 aromatic carbocycles. The summed E-state index contributed by atoms with van der Waals surface area (Å²) >= 11 is 0. The molecule has 0 spiro atoms. The molecule has 0 aliphatic carbocycles. The van der Waals surface area contributed by atoms with Crippen LogP contribution in [0.4, 0.5) is 0 Å². The predicted octanol–water partition coefficient (Wildman–Crippen LogP) is 4.47. The van der Waals surface area contributed by atoms with Crippen LogP contribution in [0, 0.1) is 13.8 Å². The number of nitrogens with zero attached hydrogens (tertiary/aromatic N) is 1. The molecule has 35 heavy (non-hydrogen) atoms. The summed E-state index contributed by atoms with van der Waals surface area (Å²) in [7, 11) is 1.60. The Balaban J connectivity index is 1.91. The summed E-state index contributed by atoms with van der Waals surface area (Å²) in [6, 6.07) is 22.4. The SMILES string of the molecule is CCNC(=O)C(Cc1ccccc1)N(Cc1cccc(OC)c1)C(=O)COc1cc(C)cc(C)c1. The highest BCUT2D eigenvalue weighted by atomic mass is 16.5. The van der Waals surface area contributed by atoms with Gasteiger partial charge < -0.3 is 19.7 Å². The summed E-state index contributed by atoms with van der Waals surface area (Å²) in [5.74, 6) is 0.868. The highest BCUT2D eigenvalue weighted by Gasteiger charge is 2.30. The number of carbonyl (C=O) groups excluding carboxylic acids is 2. The van der Waals surface area contributed by atoms with Gasteiger partial charge >= 0.3 is 0 Å². The van der Waals surface area contributed by atoms with Gasteiger partial charge in [0, 0.05) is 19.5 Å². The Morgan fingerprint density at radius 2 is 1.57 bits per heavy atom. The maximum absolute atomic E-state index is 13.6. The zero-order chi connectivity index (χ0) is 25.2. The quantitative estimate of drug-likeness (QED) is 0.445. The van der Waals surface area contributed by atoms with E-state index in [9.17, 15) is 9.59 Å². The maximum atomic E-state index is 13.6. The van der Waals surface area contributed by atoms with E-state index in [1.807, 2.05) is 87.5 Å². The summed E-state index contributed by atoms with van der Waals surface area (Å²) in [4.78, 5) is 28.4. The normalized spacial score (nSPS) is 11.4. The number of likely N-dealkylation sites (N-methyl/N-ethyl adjacent to an activating group) is 1. The number of ether oxygens (including phenoxy) is 2. The Hall–Kier alpha value is -3.80. The first-order chi connectivity index (χ1) is 16.9. The predicted molar refractivity (Wildman–Crippen MR) is 138 cm³/mol. The molecular weight excluding hydrogens is 440 g/mol. The number of aryl methyl sites for hydroxylation is 2. The van der Waals surface area contributed by atoms with Crippen molar-refractivity contribution in [1.29, 1.82) is 0 Å². The topological polar surface area (TPSA) is 67.9 Å². The lowest BCUT2D eigenvalue weighted by molar-refractivity contribution is -0.142.